The van der Waals surface area contributed by atoms with Gasteiger partial charge in [-0.1, -0.05) is 0 Å². The van der Waals surface area contributed by atoms with E-state index in [-0.39, 0.29) is 5.92 Å². The van der Waals surface area contributed by atoms with Gasteiger partial charge in [0.1, 0.15) is 0 Å². The Balaban J connectivity index is 1.35. The zero-order chi connectivity index (χ0) is 15.6. The predicted octanol–water partition coefficient (Wildman–Crippen LogP) is 2.60. The Labute approximate surface area is 142 Å². The summed E-state index contributed by atoms with van der Waals surface area (Å²) in [6.07, 6.45) is 4.83. The minimum atomic E-state index is 0.0930. The molecule has 1 aromatic rings. The lowest BCUT2D eigenvalue weighted by Crippen LogP contribution is -2.50. The Hall–Kier alpha value is -0.910. The van der Waals surface area contributed by atoms with E-state index in [1.165, 1.54) is 18.4 Å². The number of carbonyl (C=O) groups excluding carboxylic acids is 1. The van der Waals surface area contributed by atoms with Crippen LogP contribution in [0, 0.1) is 11.8 Å². The Morgan fingerprint density at radius 3 is 2.96 bits per heavy atom. The molecule has 1 aromatic heterocycles. The minimum absolute atomic E-state index is 0.0930. The van der Waals surface area contributed by atoms with E-state index >= 15 is 0 Å². The molecule has 4 rings (SSSR count). The monoisotopic (exact) mass is 334 g/mol. The maximum Gasteiger partial charge on any atom is 0.228 e. The molecule has 0 aliphatic carbocycles. The molecule has 4 nitrogen and oxygen atoms in total. The van der Waals surface area contributed by atoms with Crippen molar-refractivity contribution >= 4 is 17.2 Å². The first kappa shape index (κ1) is 15.6. The van der Waals surface area contributed by atoms with E-state index < -0.39 is 0 Å². The number of nitrogens with zero attached hydrogens (tertiary/aromatic N) is 2. The Kier molecular flexibility index (Phi) is 4.69. The summed E-state index contributed by atoms with van der Waals surface area (Å²) < 4.78 is 6.09. The van der Waals surface area contributed by atoms with Crippen molar-refractivity contribution < 1.29 is 9.53 Å². The molecule has 3 atom stereocenters. The highest BCUT2D eigenvalue weighted by molar-refractivity contribution is 7.07. The van der Waals surface area contributed by atoms with E-state index in [9.17, 15) is 4.79 Å². The lowest BCUT2D eigenvalue weighted by Gasteiger charge is -2.43. The topological polar surface area (TPSA) is 32.8 Å². The molecule has 0 bridgehead atoms. The summed E-state index contributed by atoms with van der Waals surface area (Å²) in [5, 5.41) is 4.39. The molecule has 1 amide bonds. The Morgan fingerprint density at radius 1 is 1.30 bits per heavy atom. The molecule has 3 aliphatic rings. The van der Waals surface area contributed by atoms with Crippen molar-refractivity contribution in [2.24, 2.45) is 11.8 Å². The zero-order valence-electron chi connectivity index (χ0n) is 13.7. The van der Waals surface area contributed by atoms with Crippen LogP contribution >= 0.6 is 11.3 Å². The van der Waals surface area contributed by atoms with Gasteiger partial charge in [0.05, 0.1) is 18.6 Å². The van der Waals surface area contributed by atoms with E-state index in [4.69, 9.17) is 4.74 Å². The van der Waals surface area contributed by atoms with E-state index in [1.807, 2.05) is 0 Å². The number of fused-ring (bicyclic) bond motifs is 1. The minimum Gasteiger partial charge on any atom is -0.377 e. The molecular formula is C18H26N2O2S. The fourth-order valence-electron chi connectivity index (χ4n) is 4.36. The van der Waals surface area contributed by atoms with Gasteiger partial charge in [0.25, 0.3) is 0 Å². The van der Waals surface area contributed by atoms with Crippen LogP contribution < -0.4 is 0 Å². The first-order chi connectivity index (χ1) is 11.3. The van der Waals surface area contributed by atoms with Crippen molar-refractivity contribution in [3.05, 3.63) is 22.4 Å². The number of hydrogen-bond donors (Lipinski definition) is 0. The summed E-state index contributed by atoms with van der Waals surface area (Å²) in [6, 6.07) is 2.22. The molecule has 5 heteroatoms. The summed E-state index contributed by atoms with van der Waals surface area (Å²) in [7, 11) is 0. The van der Waals surface area contributed by atoms with Gasteiger partial charge in [0, 0.05) is 32.7 Å². The molecule has 3 saturated heterocycles. The Morgan fingerprint density at radius 2 is 2.17 bits per heavy atom. The van der Waals surface area contributed by atoms with E-state index in [1.54, 1.807) is 11.3 Å². The van der Waals surface area contributed by atoms with E-state index in [0.717, 1.165) is 45.6 Å². The molecule has 0 unspecified atom stereocenters. The van der Waals surface area contributed by atoms with Crippen LogP contribution in [0.5, 0.6) is 0 Å². The van der Waals surface area contributed by atoms with Gasteiger partial charge >= 0.3 is 0 Å². The maximum absolute atomic E-state index is 12.6. The molecule has 23 heavy (non-hydrogen) atoms. The molecule has 0 saturated carbocycles. The number of likely N-dealkylation sites (tertiary alicyclic amines) is 2. The van der Waals surface area contributed by atoms with E-state index in [0.29, 0.717) is 24.5 Å². The predicted molar refractivity (Wildman–Crippen MR) is 91.4 cm³/mol. The number of ether oxygens (including phenoxy) is 1. The number of carbonyl (C=O) groups is 1. The molecule has 3 fully saturated rings. The third-order valence-corrected chi connectivity index (χ3v) is 6.33. The van der Waals surface area contributed by atoms with Gasteiger partial charge in [0.15, 0.2) is 0 Å². The zero-order valence-corrected chi connectivity index (χ0v) is 14.5. The third-order valence-electron chi connectivity index (χ3n) is 5.60. The summed E-state index contributed by atoms with van der Waals surface area (Å²) in [6.45, 7) is 5.77. The van der Waals surface area contributed by atoms with Crippen molar-refractivity contribution in [2.75, 3.05) is 32.8 Å². The molecule has 126 valence electrons. The van der Waals surface area contributed by atoms with Gasteiger partial charge < -0.3 is 9.64 Å². The van der Waals surface area contributed by atoms with Crippen molar-refractivity contribution in [3.63, 3.8) is 0 Å². The molecule has 0 aromatic carbocycles. The lowest BCUT2D eigenvalue weighted by molar-refractivity contribution is -0.148. The highest BCUT2D eigenvalue weighted by atomic mass is 32.1. The highest BCUT2D eigenvalue weighted by Crippen LogP contribution is 2.33. The van der Waals surface area contributed by atoms with Gasteiger partial charge in [0.2, 0.25) is 5.91 Å². The van der Waals surface area contributed by atoms with Crippen LogP contribution in [-0.4, -0.2) is 54.6 Å². The normalized spacial score (nSPS) is 32.0. The number of thiophene rings is 1. The second-order valence-electron chi connectivity index (χ2n) is 7.25. The number of piperidine rings is 1. The van der Waals surface area contributed by atoms with Crippen LogP contribution in [-0.2, 0) is 16.1 Å². The fraction of sp³-hybridized carbons (Fsp3) is 0.722. The fourth-order valence-corrected chi connectivity index (χ4v) is 5.02. The summed E-state index contributed by atoms with van der Waals surface area (Å²) >= 11 is 1.77. The van der Waals surface area contributed by atoms with Crippen molar-refractivity contribution in [1.29, 1.82) is 0 Å². The van der Waals surface area contributed by atoms with Crippen LogP contribution in [0.4, 0.5) is 0 Å². The van der Waals surface area contributed by atoms with Crippen molar-refractivity contribution in [1.82, 2.24) is 9.80 Å². The van der Waals surface area contributed by atoms with Gasteiger partial charge in [-0.15, -0.1) is 0 Å². The van der Waals surface area contributed by atoms with Crippen LogP contribution in [0.25, 0.3) is 0 Å². The van der Waals surface area contributed by atoms with E-state index in [2.05, 4.69) is 26.6 Å². The van der Waals surface area contributed by atoms with Gasteiger partial charge in [-0.2, -0.15) is 11.3 Å². The lowest BCUT2D eigenvalue weighted by atomic mass is 9.83. The quantitative estimate of drug-likeness (QED) is 0.852. The van der Waals surface area contributed by atoms with Gasteiger partial charge in [-0.3, -0.25) is 9.69 Å². The molecule has 4 heterocycles. The van der Waals surface area contributed by atoms with Crippen LogP contribution in [0.3, 0.4) is 0 Å². The summed E-state index contributed by atoms with van der Waals surface area (Å²) in [4.78, 5) is 17.2. The average molecular weight is 334 g/mol. The van der Waals surface area contributed by atoms with Crippen LogP contribution in [0.15, 0.2) is 16.8 Å². The van der Waals surface area contributed by atoms with Gasteiger partial charge in [-0.25, -0.2) is 0 Å². The molecule has 0 radical (unpaired) electrons. The third kappa shape index (κ3) is 3.47. The molecule has 0 spiro atoms. The SMILES string of the molecule is O=C([C@@H]1CO[C@@H]2CCN(Cc3ccsc3)C[C@@H]2C1)N1CCCC1. The van der Waals surface area contributed by atoms with Crippen LogP contribution in [0.1, 0.15) is 31.2 Å². The largest absolute Gasteiger partial charge is 0.377 e. The summed E-state index contributed by atoms with van der Waals surface area (Å²) in [5.41, 5.74) is 1.41. The maximum atomic E-state index is 12.6. The van der Waals surface area contributed by atoms with Crippen molar-refractivity contribution in [3.8, 4) is 0 Å². The van der Waals surface area contributed by atoms with Crippen molar-refractivity contribution in [2.45, 2.75) is 38.3 Å². The highest BCUT2D eigenvalue weighted by Gasteiger charge is 2.39. The van der Waals surface area contributed by atoms with Crippen LogP contribution in [0.2, 0.25) is 0 Å². The smallest absolute Gasteiger partial charge is 0.228 e. The number of hydrogen-bond acceptors (Lipinski definition) is 4. The average Bonchev–Trinajstić information content (AvgIpc) is 3.27. The molecule has 0 N–H and O–H groups in total. The first-order valence-electron chi connectivity index (χ1n) is 8.93. The summed E-state index contributed by atoms with van der Waals surface area (Å²) in [5.74, 6) is 0.957. The Bertz CT molecular complexity index is 527. The second kappa shape index (κ2) is 6.91. The number of amides is 1. The molecular weight excluding hydrogens is 308 g/mol. The molecule has 3 aliphatic heterocycles. The first-order valence-corrected chi connectivity index (χ1v) is 9.87. The van der Waals surface area contributed by atoms with Gasteiger partial charge in [-0.05, 0) is 54.0 Å². The number of rotatable bonds is 3. The second-order valence-corrected chi connectivity index (χ2v) is 8.03. The standard InChI is InChI=1S/C18H26N2O2S/c21-18(20-5-1-2-6-20)16-9-15-11-19(7-3-17(15)22-12-16)10-14-4-8-23-13-14/h4,8,13,15-17H,1-3,5-7,9-12H2/t15-,16-,17+/m0/s1.